The van der Waals surface area contributed by atoms with Crippen LogP contribution in [-0.4, -0.2) is 20.3 Å². The van der Waals surface area contributed by atoms with Crippen LogP contribution >= 0.6 is 11.7 Å². The second kappa shape index (κ2) is 10.3. The van der Waals surface area contributed by atoms with Gasteiger partial charge in [0.1, 0.15) is 34.1 Å². The van der Waals surface area contributed by atoms with E-state index in [0.717, 1.165) is 45.0 Å². The second-order valence-corrected chi connectivity index (χ2v) is 9.69. The summed E-state index contributed by atoms with van der Waals surface area (Å²) in [7, 11) is 0. The van der Waals surface area contributed by atoms with Gasteiger partial charge in [-0.15, -0.1) is 0 Å². The standard InChI is InChI=1S/C32H24N2O4S/c1-3-25(35)19-5-9-21(10-6-19)27-15-17-29(37-27)23-13-14-24(32-31(23)33-39-34-32)30-18-16-28(38-30)22-11-7-20(8-12-22)26(36)4-2/h5-18H,3-4H2,1-2H3. The molecule has 0 fully saturated rings. The van der Waals surface area contributed by atoms with Gasteiger partial charge in [-0.2, -0.15) is 8.75 Å². The molecule has 6 rings (SSSR count). The summed E-state index contributed by atoms with van der Waals surface area (Å²) in [6, 6.07) is 26.6. The van der Waals surface area contributed by atoms with Gasteiger partial charge in [0.2, 0.25) is 0 Å². The molecule has 0 aliphatic heterocycles. The first-order chi connectivity index (χ1) is 19.1. The Balaban J connectivity index is 1.30. The van der Waals surface area contributed by atoms with Crippen molar-refractivity contribution in [3.63, 3.8) is 0 Å². The number of hydrogen-bond acceptors (Lipinski definition) is 7. The van der Waals surface area contributed by atoms with Crippen molar-refractivity contribution in [3.05, 3.63) is 96.1 Å². The van der Waals surface area contributed by atoms with Gasteiger partial charge in [-0.1, -0.05) is 62.4 Å². The van der Waals surface area contributed by atoms with Crippen LogP contribution in [0.3, 0.4) is 0 Å². The van der Waals surface area contributed by atoms with Gasteiger partial charge in [0.25, 0.3) is 0 Å². The van der Waals surface area contributed by atoms with Crippen molar-refractivity contribution < 1.29 is 18.4 Å². The second-order valence-electron chi connectivity index (χ2n) is 9.16. The summed E-state index contributed by atoms with van der Waals surface area (Å²) in [6.45, 7) is 3.71. The lowest BCUT2D eigenvalue weighted by Crippen LogP contribution is -1.95. The van der Waals surface area contributed by atoms with Crippen LogP contribution in [0.1, 0.15) is 47.4 Å². The zero-order chi connectivity index (χ0) is 26.9. The van der Waals surface area contributed by atoms with E-state index in [9.17, 15) is 9.59 Å². The van der Waals surface area contributed by atoms with Gasteiger partial charge in [0, 0.05) is 46.2 Å². The number of nitrogens with zero attached hydrogens (tertiary/aromatic N) is 2. The number of Topliss-reactive ketones (excluding diaryl/α,β-unsaturated/α-hetero) is 2. The average molecular weight is 533 g/mol. The Hall–Kier alpha value is -4.62. The Morgan fingerprint density at radius 1 is 0.564 bits per heavy atom. The minimum atomic E-state index is 0.116. The normalized spacial score (nSPS) is 11.2. The predicted molar refractivity (Wildman–Crippen MR) is 153 cm³/mol. The van der Waals surface area contributed by atoms with E-state index in [2.05, 4.69) is 8.75 Å². The first kappa shape index (κ1) is 24.7. The van der Waals surface area contributed by atoms with Gasteiger partial charge in [0.05, 0.1) is 11.7 Å². The van der Waals surface area contributed by atoms with E-state index in [0.29, 0.717) is 47.0 Å². The number of carbonyl (C=O) groups excluding carboxylic acids is 2. The number of furan rings is 2. The number of aromatic nitrogens is 2. The molecule has 39 heavy (non-hydrogen) atoms. The maximum absolute atomic E-state index is 11.9. The van der Waals surface area contributed by atoms with Crippen LogP contribution < -0.4 is 0 Å². The van der Waals surface area contributed by atoms with E-state index in [1.807, 2.05) is 98.8 Å². The smallest absolute Gasteiger partial charge is 0.162 e. The molecule has 192 valence electrons. The third-order valence-corrected chi connectivity index (χ3v) is 7.31. The van der Waals surface area contributed by atoms with Crippen molar-refractivity contribution in [2.45, 2.75) is 26.7 Å². The lowest BCUT2D eigenvalue weighted by Gasteiger charge is -2.04. The van der Waals surface area contributed by atoms with Crippen molar-refractivity contribution in [2.75, 3.05) is 0 Å². The van der Waals surface area contributed by atoms with E-state index >= 15 is 0 Å². The van der Waals surface area contributed by atoms with Gasteiger partial charge in [-0.25, -0.2) is 0 Å². The third kappa shape index (κ3) is 4.62. The molecule has 0 bridgehead atoms. The molecule has 6 nitrogen and oxygen atoms in total. The summed E-state index contributed by atoms with van der Waals surface area (Å²) in [5, 5.41) is 0. The number of rotatable bonds is 8. The summed E-state index contributed by atoms with van der Waals surface area (Å²) in [4.78, 5) is 23.9. The molecule has 3 aromatic heterocycles. The molecule has 0 N–H and O–H groups in total. The number of fused-ring (bicyclic) bond motifs is 1. The van der Waals surface area contributed by atoms with E-state index in [4.69, 9.17) is 8.83 Å². The highest BCUT2D eigenvalue weighted by Crippen LogP contribution is 2.38. The fourth-order valence-corrected chi connectivity index (χ4v) is 5.16. The molecule has 0 unspecified atom stereocenters. The summed E-state index contributed by atoms with van der Waals surface area (Å²) >= 11 is 1.14. The summed E-state index contributed by atoms with van der Waals surface area (Å²) < 4.78 is 21.5. The number of carbonyl (C=O) groups is 2. The Morgan fingerprint density at radius 3 is 1.33 bits per heavy atom. The van der Waals surface area contributed by atoms with E-state index in [1.165, 1.54) is 0 Å². The molecule has 0 amide bonds. The van der Waals surface area contributed by atoms with Crippen LogP contribution in [0.25, 0.3) is 56.3 Å². The third-order valence-electron chi connectivity index (χ3n) is 6.78. The molecule has 0 radical (unpaired) electrons. The SMILES string of the molecule is CCC(=O)c1ccc(-c2ccc(-c3ccc(-c4ccc(-c5ccc(C(=O)CC)cc5)o4)c4nsnc34)o2)cc1. The summed E-state index contributed by atoms with van der Waals surface area (Å²) in [5.74, 6) is 3.02. The maximum Gasteiger partial charge on any atom is 0.162 e. The molecule has 0 aliphatic carbocycles. The monoisotopic (exact) mass is 532 g/mol. The quantitative estimate of drug-likeness (QED) is 0.182. The van der Waals surface area contributed by atoms with Crippen LogP contribution in [0.2, 0.25) is 0 Å². The van der Waals surface area contributed by atoms with Crippen LogP contribution in [0.4, 0.5) is 0 Å². The summed E-state index contributed by atoms with van der Waals surface area (Å²) in [6.07, 6.45) is 0.955. The van der Waals surface area contributed by atoms with Crippen LogP contribution in [0.5, 0.6) is 0 Å². The highest BCUT2D eigenvalue weighted by atomic mass is 32.1. The topological polar surface area (TPSA) is 86.2 Å². The Labute approximate surface area is 229 Å². The van der Waals surface area contributed by atoms with E-state index in [-0.39, 0.29) is 11.6 Å². The van der Waals surface area contributed by atoms with Crippen molar-refractivity contribution in [1.29, 1.82) is 0 Å². The molecule has 7 heteroatoms. The molecule has 3 heterocycles. The molecule has 6 aromatic rings. The maximum atomic E-state index is 11.9. The van der Waals surface area contributed by atoms with Crippen molar-refractivity contribution in [3.8, 4) is 45.3 Å². The number of ketones is 2. The first-order valence-corrected chi connectivity index (χ1v) is 13.5. The Kier molecular flexibility index (Phi) is 6.50. The number of benzene rings is 3. The minimum absolute atomic E-state index is 0.116. The van der Waals surface area contributed by atoms with Gasteiger partial charge >= 0.3 is 0 Å². The van der Waals surface area contributed by atoms with Crippen molar-refractivity contribution >= 4 is 34.3 Å². The number of hydrogen-bond donors (Lipinski definition) is 0. The van der Waals surface area contributed by atoms with Gasteiger partial charge in [0.15, 0.2) is 11.6 Å². The predicted octanol–water partition coefficient (Wildman–Crippen LogP) is 8.73. The molecule has 0 aliphatic rings. The molecule has 0 saturated heterocycles. The highest BCUT2D eigenvalue weighted by Gasteiger charge is 2.18. The fourth-order valence-electron chi connectivity index (χ4n) is 4.59. The largest absolute Gasteiger partial charge is 0.456 e. The van der Waals surface area contributed by atoms with Gasteiger partial charge in [-0.05, 0) is 36.4 Å². The molecule has 3 aromatic carbocycles. The highest BCUT2D eigenvalue weighted by molar-refractivity contribution is 7.00. The Bertz CT molecular complexity index is 1680. The molecular weight excluding hydrogens is 508 g/mol. The Morgan fingerprint density at radius 2 is 0.949 bits per heavy atom. The van der Waals surface area contributed by atoms with E-state index in [1.54, 1.807) is 0 Å². The zero-order valence-electron chi connectivity index (χ0n) is 21.4. The molecular formula is C32H24N2O4S. The average Bonchev–Trinajstić information content (AvgIpc) is 3.77. The van der Waals surface area contributed by atoms with Crippen LogP contribution in [0, 0.1) is 0 Å². The zero-order valence-corrected chi connectivity index (χ0v) is 22.2. The molecule has 0 saturated carbocycles. The minimum Gasteiger partial charge on any atom is -0.456 e. The van der Waals surface area contributed by atoms with Gasteiger partial charge < -0.3 is 8.83 Å². The summed E-state index contributed by atoms with van der Waals surface area (Å²) in [5.41, 5.74) is 6.35. The van der Waals surface area contributed by atoms with Crippen molar-refractivity contribution in [2.24, 2.45) is 0 Å². The lowest BCUT2D eigenvalue weighted by atomic mass is 10.0. The van der Waals surface area contributed by atoms with Crippen LogP contribution in [-0.2, 0) is 0 Å². The fraction of sp³-hybridized carbons (Fsp3) is 0.125. The molecule has 0 spiro atoms. The van der Waals surface area contributed by atoms with Crippen LogP contribution in [0.15, 0.2) is 93.8 Å². The lowest BCUT2D eigenvalue weighted by molar-refractivity contribution is 0.0980. The molecule has 0 atom stereocenters. The first-order valence-electron chi connectivity index (χ1n) is 12.8. The van der Waals surface area contributed by atoms with Crippen molar-refractivity contribution in [1.82, 2.24) is 8.75 Å². The van der Waals surface area contributed by atoms with Gasteiger partial charge in [-0.3, -0.25) is 9.59 Å². The van der Waals surface area contributed by atoms with E-state index < -0.39 is 0 Å².